The molecule has 2 nitrogen and oxygen atoms in total. The molecule has 0 fully saturated rings. The van der Waals surface area contributed by atoms with Gasteiger partial charge in [0.25, 0.3) is 0 Å². The molecule has 0 radical (unpaired) electrons. The Morgan fingerprint density at radius 2 is 1.75 bits per heavy atom. The van der Waals surface area contributed by atoms with Crippen LogP contribution in [0.4, 0.5) is 5.69 Å². The van der Waals surface area contributed by atoms with Crippen LogP contribution < -0.4 is 5.32 Å². The van der Waals surface area contributed by atoms with Gasteiger partial charge in [-0.05, 0) is 52.3 Å². The summed E-state index contributed by atoms with van der Waals surface area (Å²) in [5, 5.41) is 5.66. The first kappa shape index (κ1) is 13.8. The highest BCUT2D eigenvalue weighted by Gasteiger charge is 2.30. The van der Waals surface area contributed by atoms with Crippen molar-refractivity contribution in [1.82, 2.24) is 0 Å². The molecule has 2 aliphatic rings. The van der Waals surface area contributed by atoms with Gasteiger partial charge >= 0.3 is 0 Å². The monoisotopic (exact) mass is 313 g/mol. The third-order valence-electron chi connectivity index (χ3n) is 5.54. The zero-order valence-electron chi connectivity index (χ0n) is 13.5. The molecule has 0 saturated carbocycles. The van der Waals surface area contributed by atoms with Crippen LogP contribution in [0.1, 0.15) is 41.0 Å². The average molecular weight is 313 g/mol. The zero-order chi connectivity index (χ0) is 16.1. The highest BCUT2D eigenvalue weighted by molar-refractivity contribution is 5.98. The third-order valence-corrected chi connectivity index (χ3v) is 5.54. The van der Waals surface area contributed by atoms with E-state index in [1.807, 2.05) is 0 Å². The lowest BCUT2D eigenvalue weighted by Gasteiger charge is -2.29. The molecule has 1 N–H and O–H groups in total. The lowest BCUT2D eigenvalue weighted by atomic mass is 9.81. The second kappa shape index (κ2) is 5.20. The van der Waals surface area contributed by atoms with Crippen LogP contribution in [0.25, 0.3) is 10.8 Å². The van der Waals surface area contributed by atoms with Gasteiger partial charge in [0.15, 0.2) is 0 Å². The molecule has 1 heterocycles. The summed E-state index contributed by atoms with van der Waals surface area (Å²) in [5.41, 5.74) is 6.42. The predicted octanol–water partition coefficient (Wildman–Crippen LogP) is 4.80. The van der Waals surface area contributed by atoms with Crippen LogP contribution in [0.2, 0.25) is 0 Å². The van der Waals surface area contributed by atoms with Gasteiger partial charge in [-0.1, -0.05) is 54.6 Å². The second-order valence-electron chi connectivity index (χ2n) is 6.89. The average Bonchev–Trinajstić information content (AvgIpc) is 3.10. The van der Waals surface area contributed by atoms with Crippen LogP contribution in [-0.2, 0) is 17.6 Å². The summed E-state index contributed by atoms with van der Waals surface area (Å²) in [6, 6.07) is 19.4. The molecule has 2 heteroatoms. The molecule has 1 aliphatic heterocycles. The van der Waals surface area contributed by atoms with Crippen molar-refractivity contribution in [3.63, 3.8) is 0 Å². The van der Waals surface area contributed by atoms with Crippen molar-refractivity contribution in [2.45, 2.75) is 31.6 Å². The third kappa shape index (κ3) is 1.99. The number of hydrogen-bond donors (Lipinski definition) is 1. The van der Waals surface area contributed by atoms with Gasteiger partial charge in [-0.3, -0.25) is 4.79 Å². The first-order chi connectivity index (χ1) is 11.8. The van der Waals surface area contributed by atoms with Gasteiger partial charge in [0.2, 0.25) is 5.91 Å². The number of carbonyl (C=O) groups is 1. The largest absolute Gasteiger partial charge is 0.326 e. The van der Waals surface area contributed by atoms with Crippen molar-refractivity contribution < 1.29 is 4.79 Å². The quantitative estimate of drug-likeness (QED) is 0.687. The fourth-order valence-electron chi connectivity index (χ4n) is 4.44. The minimum absolute atomic E-state index is 0.140. The molecular formula is C22H19NO. The first-order valence-corrected chi connectivity index (χ1v) is 8.73. The van der Waals surface area contributed by atoms with E-state index < -0.39 is 0 Å². The summed E-state index contributed by atoms with van der Waals surface area (Å²) in [4.78, 5) is 12.4. The highest BCUT2D eigenvalue weighted by atomic mass is 16.1. The molecule has 1 atom stereocenters. The van der Waals surface area contributed by atoms with Crippen molar-refractivity contribution in [2.75, 3.05) is 5.32 Å². The van der Waals surface area contributed by atoms with Gasteiger partial charge in [-0.25, -0.2) is 0 Å². The Hall–Kier alpha value is -2.61. The van der Waals surface area contributed by atoms with Crippen molar-refractivity contribution in [1.29, 1.82) is 0 Å². The molecule has 3 aromatic carbocycles. The number of hydrogen-bond acceptors (Lipinski definition) is 1. The summed E-state index contributed by atoms with van der Waals surface area (Å²) in [5.74, 6) is 0.284. The highest BCUT2D eigenvalue weighted by Crippen LogP contribution is 2.43. The van der Waals surface area contributed by atoms with Crippen LogP contribution in [0.3, 0.4) is 0 Å². The number of rotatable bonds is 1. The Morgan fingerprint density at radius 3 is 2.71 bits per heavy atom. The van der Waals surface area contributed by atoms with Gasteiger partial charge in [0.05, 0.1) is 0 Å². The van der Waals surface area contributed by atoms with Gasteiger partial charge < -0.3 is 5.32 Å². The molecule has 0 spiro atoms. The topological polar surface area (TPSA) is 29.1 Å². The Labute approximate surface area is 141 Å². The lowest BCUT2D eigenvalue weighted by Crippen LogP contribution is -2.24. The summed E-state index contributed by atoms with van der Waals surface area (Å²) in [6.45, 7) is 0. The van der Waals surface area contributed by atoms with E-state index in [-0.39, 0.29) is 11.8 Å². The zero-order valence-corrected chi connectivity index (χ0v) is 13.5. The van der Waals surface area contributed by atoms with Crippen molar-refractivity contribution in [3.05, 3.63) is 76.9 Å². The minimum Gasteiger partial charge on any atom is -0.326 e. The van der Waals surface area contributed by atoms with Crippen molar-refractivity contribution in [2.24, 2.45) is 0 Å². The second-order valence-corrected chi connectivity index (χ2v) is 6.89. The number of carbonyl (C=O) groups excluding carboxylic acids is 1. The van der Waals surface area contributed by atoms with Crippen molar-refractivity contribution in [3.8, 4) is 0 Å². The number of fused-ring (bicyclic) bond motifs is 4. The Bertz CT molecular complexity index is 968. The SMILES string of the molecule is O=C1CC(c2cccc3ccccc23)c2ccc3c(c2N1)CCC3. The molecule has 1 amide bonds. The number of amides is 1. The van der Waals surface area contributed by atoms with E-state index in [9.17, 15) is 4.79 Å². The van der Waals surface area contributed by atoms with Crippen LogP contribution in [0.5, 0.6) is 0 Å². The molecule has 3 aromatic rings. The van der Waals surface area contributed by atoms with E-state index in [2.05, 4.69) is 59.9 Å². The van der Waals surface area contributed by atoms with E-state index in [1.165, 1.54) is 39.4 Å². The molecule has 0 aromatic heterocycles. The maximum Gasteiger partial charge on any atom is 0.225 e. The normalized spacial score (nSPS) is 19.0. The minimum atomic E-state index is 0.140. The number of nitrogens with one attached hydrogen (secondary N) is 1. The summed E-state index contributed by atoms with van der Waals surface area (Å²) < 4.78 is 0. The number of benzene rings is 3. The molecular weight excluding hydrogens is 294 g/mol. The van der Waals surface area contributed by atoms with Crippen LogP contribution >= 0.6 is 0 Å². The first-order valence-electron chi connectivity index (χ1n) is 8.73. The lowest BCUT2D eigenvalue weighted by molar-refractivity contribution is -0.116. The predicted molar refractivity (Wildman–Crippen MR) is 97.5 cm³/mol. The smallest absolute Gasteiger partial charge is 0.225 e. The Balaban J connectivity index is 1.74. The van der Waals surface area contributed by atoms with E-state index in [4.69, 9.17) is 0 Å². The maximum absolute atomic E-state index is 12.4. The van der Waals surface area contributed by atoms with E-state index in [0.717, 1.165) is 18.5 Å². The Morgan fingerprint density at radius 1 is 0.875 bits per heavy atom. The summed E-state index contributed by atoms with van der Waals surface area (Å²) >= 11 is 0. The van der Waals surface area contributed by atoms with Gasteiger partial charge in [-0.2, -0.15) is 0 Å². The fourth-order valence-corrected chi connectivity index (χ4v) is 4.44. The maximum atomic E-state index is 12.4. The molecule has 0 saturated heterocycles. The summed E-state index contributed by atoms with van der Waals surface area (Å²) in [7, 11) is 0. The van der Waals surface area contributed by atoms with Gasteiger partial charge in [0.1, 0.15) is 0 Å². The summed E-state index contributed by atoms with van der Waals surface area (Å²) in [6.07, 6.45) is 3.94. The molecule has 5 rings (SSSR count). The molecule has 1 aliphatic carbocycles. The van der Waals surface area contributed by atoms with Gasteiger partial charge in [-0.15, -0.1) is 0 Å². The molecule has 118 valence electrons. The molecule has 0 bridgehead atoms. The van der Waals surface area contributed by atoms with Crippen LogP contribution in [-0.4, -0.2) is 5.91 Å². The standard InChI is InChI=1S/C22H19NO/c24-21-13-20(18-10-4-6-14-5-1-2-8-16(14)18)19-12-11-15-7-3-9-17(15)22(19)23-21/h1-2,4-6,8,10-12,20H,3,7,9,13H2,(H,23,24). The van der Waals surface area contributed by atoms with E-state index >= 15 is 0 Å². The van der Waals surface area contributed by atoms with Crippen LogP contribution in [0.15, 0.2) is 54.6 Å². The molecule has 1 unspecified atom stereocenters. The molecule has 24 heavy (non-hydrogen) atoms. The number of aryl methyl sites for hydroxylation is 1. The number of anilines is 1. The fraction of sp³-hybridized carbons (Fsp3) is 0.227. The van der Waals surface area contributed by atoms with Crippen molar-refractivity contribution >= 4 is 22.4 Å². The van der Waals surface area contributed by atoms with E-state index in [1.54, 1.807) is 0 Å². The van der Waals surface area contributed by atoms with Gasteiger partial charge in [0, 0.05) is 18.0 Å². The van der Waals surface area contributed by atoms with E-state index in [0.29, 0.717) is 6.42 Å². The Kier molecular flexibility index (Phi) is 2.99. The van der Waals surface area contributed by atoms with Crippen LogP contribution in [0, 0.1) is 0 Å².